The average Bonchev–Trinajstić information content (AvgIpc) is 3.37. The quantitative estimate of drug-likeness (QED) is 0.526. The number of hydrogen-bond acceptors (Lipinski definition) is 6. The molecule has 1 atom stereocenters. The summed E-state index contributed by atoms with van der Waals surface area (Å²) in [6, 6.07) is 14.0. The Morgan fingerprint density at radius 2 is 2.00 bits per heavy atom. The van der Waals surface area contributed by atoms with Gasteiger partial charge in [0.25, 0.3) is 0 Å². The largest absolute Gasteiger partial charge is 0.465 e. The smallest absolute Gasteiger partial charge is 0.348 e. The van der Waals surface area contributed by atoms with E-state index in [9.17, 15) is 9.59 Å². The summed E-state index contributed by atoms with van der Waals surface area (Å²) in [6.45, 7) is 0. The second kappa shape index (κ2) is 7.24. The number of rotatable bonds is 5. The maximum absolute atomic E-state index is 12.2. The van der Waals surface area contributed by atoms with Crippen LogP contribution in [-0.2, 0) is 9.53 Å². The number of fused-ring (bicyclic) bond motifs is 1. The van der Waals surface area contributed by atoms with Crippen LogP contribution >= 0.6 is 11.3 Å². The van der Waals surface area contributed by atoms with Crippen LogP contribution in [0.15, 0.2) is 60.9 Å². The molecule has 0 radical (unpaired) electrons. The zero-order chi connectivity index (χ0) is 19.7. The summed E-state index contributed by atoms with van der Waals surface area (Å²) in [5.74, 6) is -0.930. The molecular formula is C20H16N4O3S. The molecule has 0 aliphatic rings. The molecule has 3 heterocycles. The van der Waals surface area contributed by atoms with Crippen molar-refractivity contribution >= 4 is 34.1 Å². The van der Waals surface area contributed by atoms with Gasteiger partial charge in [-0.25, -0.2) is 4.79 Å². The molecular weight excluding hydrogens is 376 g/mol. The molecule has 3 aromatic heterocycles. The molecule has 4 aromatic rings. The highest BCUT2D eigenvalue weighted by Gasteiger charge is 2.22. The molecule has 2 N–H and O–H groups in total. The van der Waals surface area contributed by atoms with Crippen LogP contribution < -0.4 is 5.73 Å². The minimum atomic E-state index is -0.786. The van der Waals surface area contributed by atoms with Crippen LogP contribution in [0.4, 0.5) is 0 Å². The van der Waals surface area contributed by atoms with Gasteiger partial charge in [0.05, 0.1) is 17.5 Å². The molecule has 28 heavy (non-hydrogen) atoms. The number of primary amides is 1. The number of nitrogens with zero attached hydrogens (tertiary/aromatic N) is 3. The number of ether oxygens (including phenoxy) is 1. The van der Waals surface area contributed by atoms with E-state index in [0.29, 0.717) is 16.1 Å². The SMILES string of the molecule is COC(=O)c1ccc(-c2ccn(C(C(N)=O)c3cnc4ccccc4c3)n2)s1. The Bertz CT molecular complexity index is 1180. The first-order valence-electron chi connectivity index (χ1n) is 8.44. The van der Waals surface area contributed by atoms with E-state index in [1.165, 1.54) is 23.1 Å². The number of para-hydroxylation sites is 1. The van der Waals surface area contributed by atoms with Gasteiger partial charge < -0.3 is 10.5 Å². The van der Waals surface area contributed by atoms with E-state index in [1.807, 2.05) is 30.3 Å². The molecule has 0 saturated carbocycles. The molecule has 140 valence electrons. The first-order chi connectivity index (χ1) is 13.6. The van der Waals surface area contributed by atoms with Crippen LogP contribution in [-0.4, -0.2) is 33.8 Å². The highest BCUT2D eigenvalue weighted by Crippen LogP contribution is 2.29. The summed E-state index contributed by atoms with van der Waals surface area (Å²) in [4.78, 5) is 29.5. The molecule has 7 nitrogen and oxygen atoms in total. The number of esters is 1. The Morgan fingerprint density at radius 1 is 1.18 bits per heavy atom. The first-order valence-corrected chi connectivity index (χ1v) is 9.26. The Hall–Kier alpha value is -3.52. The zero-order valence-electron chi connectivity index (χ0n) is 14.9. The maximum Gasteiger partial charge on any atom is 0.348 e. The standard InChI is InChI=1S/C20H16N4O3S/c1-27-20(26)17-7-6-16(28-17)15-8-9-24(23-15)18(19(21)25)13-10-12-4-2-3-5-14(12)22-11-13/h2-11,18H,1H3,(H2,21,25). The monoisotopic (exact) mass is 392 g/mol. The van der Waals surface area contributed by atoms with Crippen molar-refractivity contribution in [1.82, 2.24) is 14.8 Å². The summed E-state index contributed by atoms with van der Waals surface area (Å²) in [7, 11) is 1.34. The van der Waals surface area contributed by atoms with Crippen LogP contribution in [0.25, 0.3) is 21.5 Å². The molecule has 4 rings (SSSR count). The summed E-state index contributed by atoms with van der Waals surface area (Å²) in [5, 5.41) is 5.42. The van der Waals surface area contributed by atoms with E-state index >= 15 is 0 Å². The van der Waals surface area contributed by atoms with Gasteiger partial charge in [-0.05, 0) is 30.3 Å². The van der Waals surface area contributed by atoms with E-state index in [4.69, 9.17) is 10.5 Å². The molecule has 1 aromatic carbocycles. The molecule has 1 unspecified atom stereocenters. The van der Waals surface area contributed by atoms with Crippen molar-refractivity contribution < 1.29 is 14.3 Å². The van der Waals surface area contributed by atoms with Crippen molar-refractivity contribution in [3.8, 4) is 10.6 Å². The van der Waals surface area contributed by atoms with Crippen LogP contribution in [0.5, 0.6) is 0 Å². The highest BCUT2D eigenvalue weighted by molar-refractivity contribution is 7.17. The van der Waals surface area contributed by atoms with E-state index < -0.39 is 17.9 Å². The van der Waals surface area contributed by atoms with Gasteiger partial charge in [0.2, 0.25) is 5.91 Å². The predicted molar refractivity (Wildman–Crippen MR) is 106 cm³/mol. The van der Waals surface area contributed by atoms with Crippen molar-refractivity contribution in [1.29, 1.82) is 0 Å². The van der Waals surface area contributed by atoms with E-state index in [0.717, 1.165) is 15.8 Å². The van der Waals surface area contributed by atoms with Crippen molar-refractivity contribution in [2.75, 3.05) is 7.11 Å². The fraction of sp³-hybridized carbons (Fsp3) is 0.100. The number of carbonyl (C=O) groups is 2. The Labute approximate surface area is 164 Å². The third kappa shape index (κ3) is 3.25. The van der Waals surface area contributed by atoms with Crippen molar-refractivity contribution in [2.24, 2.45) is 5.73 Å². The minimum Gasteiger partial charge on any atom is -0.465 e. The summed E-state index contributed by atoms with van der Waals surface area (Å²) >= 11 is 1.27. The van der Waals surface area contributed by atoms with Crippen LogP contribution in [0.3, 0.4) is 0 Å². The van der Waals surface area contributed by atoms with Crippen molar-refractivity contribution in [3.05, 3.63) is 71.4 Å². The topological polar surface area (TPSA) is 100 Å². The second-order valence-corrected chi connectivity index (χ2v) is 7.19. The van der Waals surface area contributed by atoms with Gasteiger partial charge in [-0.15, -0.1) is 11.3 Å². The lowest BCUT2D eigenvalue weighted by atomic mass is 10.1. The Kier molecular flexibility index (Phi) is 4.62. The van der Waals surface area contributed by atoms with Gasteiger partial charge in [0, 0.05) is 23.3 Å². The lowest BCUT2D eigenvalue weighted by molar-refractivity contribution is -0.120. The number of methoxy groups -OCH3 is 1. The van der Waals surface area contributed by atoms with Gasteiger partial charge >= 0.3 is 5.97 Å². The molecule has 1 amide bonds. The number of amides is 1. The summed E-state index contributed by atoms with van der Waals surface area (Å²) in [5.41, 5.74) is 7.80. The van der Waals surface area contributed by atoms with Crippen molar-refractivity contribution in [3.63, 3.8) is 0 Å². The van der Waals surface area contributed by atoms with Gasteiger partial charge in [-0.2, -0.15) is 5.10 Å². The first kappa shape index (κ1) is 17.9. The molecule has 0 saturated heterocycles. The lowest BCUT2D eigenvalue weighted by Crippen LogP contribution is -2.28. The molecule has 0 fully saturated rings. The molecule has 8 heteroatoms. The van der Waals surface area contributed by atoms with Gasteiger partial charge in [0.1, 0.15) is 10.6 Å². The number of pyridine rings is 1. The van der Waals surface area contributed by atoms with E-state index in [-0.39, 0.29) is 0 Å². The number of benzene rings is 1. The van der Waals surface area contributed by atoms with Gasteiger partial charge in [-0.1, -0.05) is 18.2 Å². The molecule has 0 bridgehead atoms. The highest BCUT2D eigenvalue weighted by atomic mass is 32.1. The molecule has 0 aliphatic heterocycles. The van der Waals surface area contributed by atoms with E-state index in [1.54, 1.807) is 30.6 Å². The van der Waals surface area contributed by atoms with Gasteiger partial charge in [0.15, 0.2) is 6.04 Å². The Morgan fingerprint density at radius 3 is 2.79 bits per heavy atom. The van der Waals surface area contributed by atoms with Gasteiger partial charge in [-0.3, -0.25) is 14.5 Å². The number of aromatic nitrogens is 3. The lowest BCUT2D eigenvalue weighted by Gasteiger charge is -2.14. The fourth-order valence-corrected chi connectivity index (χ4v) is 3.87. The predicted octanol–water partition coefficient (Wildman–Crippen LogP) is 3.02. The minimum absolute atomic E-state index is 0.395. The normalized spacial score (nSPS) is 12.0. The molecule has 0 aliphatic carbocycles. The number of carbonyl (C=O) groups excluding carboxylic acids is 2. The van der Waals surface area contributed by atoms with Crippen LogP contribution in [0, 0.1) is 0 Å². The number of nitrogens with two attached hydrogens (primary N) is 1. The van der Waals surface area contributed by atoms with Crippen LogP contribution in [0.2, 0.25) is 0 Å². The maximum atomic E-state index is 12.2. The third-order valence-corrected chi connectivity index (χ3v) is 5.40. The van der Waals surface area contributed by atoms with Crippen LogP contribution in [0.1, 0.15) is 21.3 Å². The number of hydrogen-bond donors (Lipinski definition) is 1. The summed E-state index contributed by atoms with van der Waals surface area (Å²) in [6.07, 6.45) is 3.33. The second-order valence-electron chi connectivity index (χ2n) is 6.10. The average molecular weight is 392 g/mol. The fourth-order valence-electron chi connectivity index (χ4n) is 2.98. The molecule has 0 spiro atoms. The zero-order valence-corrected chi connectivity index (χ0v) is 15.7. The van der Waals surface area contributed by atoms with Crippen molar-refractivity contribution in [2.45, 2.75) is 6.04 Å². The Balaban J connectivity index is 1.70. The summed E-state index contributed by atoms with van der Waals surface area (Å²) < 4.78 is 6.25. The third-order valence-electron chi connectivity index (χ3n) is 4.31. The van der Waals surface area contributed by atoms with E-state index in [2.05, 4.69) is 10.1 Å². The number of thiophene rings is 1.